The highest BCUT2D eigenvalue weighted by atomic mass is 16.2. The first-order chi connectivity index (χ1) is 6.52. The van der Waals surface area contributed by atoms with Gasteiger partial charge in [-0.1, -0.05) is 0 Å². The number of carbonyl (C=O) groups excluding carboxylic acids is 2. The van der Waals surface area contributed by atoms with Gasteiger partial charge in [0.15, 0.2) is 0 Å². The van der Waals surface area contributed by atoms with Gasteiger partial charge in [-0.3, -0.25) is 14.9 Å². The van der Waals surface area contributed by atoms with Crippen molar-refractivity contribution in [2.75, 3.05) is 5.73 Å². The molecule has 8 heteroatoms. The maximum Gasteiger partial charge on any atom is 0.330 e. The molecule has 76 valence electrons. The van der Waals surface area contributed by atoms with E-state index >= 15 is 0 Å². The molecule has 6 N–H and O–H groups in total. The standard InChI is InChI=1S/C6H10N6O2/c1-12-4(7)3(2-9-12)5(13)10-11-6(8)14/h2H,7H2,1H3,(H,10,13)(H3,8,11,14). The van der Waals surface area contributed by atoms with Gasteiger partial charge in [-0.05, 0) is 0 Å². The quantitative estimate of drug-likeness (QED) is 0.401. The van der Waals surface area contributed by atoms with Gasteiger partial charge in [0.25, 0.3) is 5.91 Å². The summed E-state index contributed by atoms with van der Waals surface area (Å²) >= 11 is 0. The number of nitrogens with one attached hydrogen (secondary N) is 2. The Morgan fingerprint density at radius 3 is 2.57 bits per heavy atom. The van der Waals surface area contributed by atoms with E-state index in [9.17, 15) is 9.59 Å². The smallest absolute Gasteiger partial charge is 0.330 e. The summed E-state index contributed by atoms with van der Waals surface area (Å²) in [6.45, 7) is 0. The van der Waals surface area contributed by atoms with Crippen LogP contribution in [0, 0.1) is 0 Å². The number of nitrogen functional groups attached to an aromatic ring is 1. The van der Waals surface area contributed by atoms with Crippen molar-refractivity contribution in [1.29, 1.82) is 0 Å². The number of primary amides is 1. The summed E-state index contributed by atoms with van der Waals surface area (Å²) in [6, 6.07) is -0.860. The molecule has 3 amide bonds. The minimum absolute atomic E-state index is 0.168. The fourth-order valence-corrected chi connectivity index (χ4v) is 0.808. The van der Waals surface area contributed by atoms with Gasteiger partial charge in [0, 0.05) is 7.05 Å². The van der Waals surface area contributed by atoms with E-state index in [1.54, 1.807) is 7.05 Å². The summed E-state index contributed by atoms with van der Waals surface area (Å²) in [7, 11) is 1.59. The lowest BCUT2D eigenvalue weighted by atomic mass is 10.3. The lowest BCUT2D eigenvalue weighted by molar-refractivity contribution is 0.0938. The number of hydrogen-bond acceptors (Lipinski definition) is 4. The lowest BCUT2D eigenvalue weighted by Crippen LogP contribution is -2.44. The molecule has 0 saturated carbocycles. The van der Waals surface area contributed by atoms with Crippen molar-refractivity contribution >= 4 is 17.8 Å². The van der Waals surface area contributed by atoms with Crippen LogP contribution in [0.2, 0.25) is 0 Å². The molecule has 0 aliphatic heterocycles. The number of nitrogens with zero attached hydrogens (tertiary/aromatic N) is 2. The molecule has 1 aromatic heterocycles. The van der Waals surface area contributed by atoms with Crippen molar-refractivity contribution in [3.05, 3.63) is 11.8 Å². The number of aryl methyl sites for hydroxylation is 1. The highest BCUT2D eigenvalue weighted by molar-refractivity contribution is 5.98. The zero-order valence-corrected chi connectivity index (χ0v) is 7.44. The minimum atomic E-state index is -0.860. The summed E-state index contributed by atoms with van der Waals surface area (Å²) in [6.07, 6.45) is 1.29. The monoisotopic (exact) mass is 198 g/mol. The van der Waals surface area contributed by atoms with Gasteiger partial charge in [-0.15, -0.1) is 0 Å². The van der Waals surface area contributed by atoms with Gasteiger partial charge in [-0.2, -0.15) is 5.10 Å². The summed E-state index contributed by atoms with van der Waals surface area (Å²) in [5, 5.41) is 3.75. The fraction of sp³-hybridized carbons (Fsp3) is 0.167. The van der Waals surface area contributed by atoms with Gasteiger partial charge in [0.1, 0.15) is 11.4 Å². The third-order valence-electron chi connectivity index (χ3n) is 1.53. The molecule has 8 nitrogen and oxygen atoms in total. The van der Waals surface area contributed by atoms with Crippen LogP contribution in [0.4, 0.5) is 10.6 Å². The molecule has 0 saturated heterocycles. The van der Waals surface area contributed by atoms with Crippen molar-refractivity contribution in [3.8, 4) is 0 Å². The molecular weight excluding hydrogens is 188 g/mol. The van der Waals surface area contributed by atoms with E-state index < -0.39 is 11.9 Å². The second kappa shape index (κ2) is 3.64. The van der Waals surface area contributed by atoms with Crippen LogP contribution in [-0.4, -0.2) is 21.7 Å². The van der Waals surface area contributed by atoms with Crippen molar-refractivity contribution in [1.82, 2.24) is 20.6 Å². The predicted octanol–water partition coefficient (Wildman–Crippen LogP) is -1.68. The third kappa shape index (κ3) is 1.91. The van der Waals surface area contributed by atoms with Crippen LogP contribution < -0.4 is 22.3 Å². The van der Waals surface area contributed by atoms with Gasteiger partial charge >= 0.3 is 6.03 Å². The van der Waals surface area contributed by atoms with E-state index in [4.69, 9.17) is 11.5 Å². The number of carbonyl (C=O) groups is 2. The predicted molar refractivity (Wildman–Crippen MR) is 47.8 cm³/mol. The van der Waals surface area contributed by atoms with Gasteiger partial charge in [-0.25, -0.2) is 10.2 Å². The van der Waals surface area contributed by atoms with Gasteiger partial charge in [0.05, 0.1) is 6.20 Å². The third-order valence-corrected chi connectivity index (χ3v) is 1.53. The number of hydrazine groups is 1. The second-order valence-corrected chi connectivity index (χ2v) is 2.51. The molecule has 0 atom stereocenters. The van der Waals surface area contributed by atoms with Crippen LogP contribution >= 0.6 is 0 Å². The SMILES string of the molecule is Cn1ncc(C(=O)NNC(N)=O)c1N. The molecule has 0 aliphatic carbocycles. The molecule has 14 heavy (non-hydrogen) atoms. The van der Waals surface area contributed by atoms with E-state index in [2.05, 4.69) is 10.5 Å². The Bertz CT molecular complexity index is 370. The van der Waals surface area contributed by atoms with Crippen molar-refractivity contribution in [3.63, 3.8) is 0 Å². The zero-order chi connectivity index (χ0) is 10.7. The minimum Gasteiger partial charge on any atom is -0.383 e. The number of hydrogen-bond donors (Lipinski definition) is 4. The zero-order valence-electron chi connectivity index (χ0n) is 7.44. The van der Waals surface area contributed by atoms with E-state index in [0.717, 1.165) is 0 Å². The summed E-state index contributed by atoms with van der Waals surface area (Å²) in [5.41, 5.74) is 14.4. The van der Waals surface area contributed by atoms with E-state index in [1.807, 2.05) is 5.43 Å². The highest BCUT2D eigenvalue weighted by Gasteiger charge is 2.13. The normalized spacial score (nSPS) is 9.50. The van der Waals surface area contributed by atoms with Crippen LogP contribution in [0.5, 0.6) is 0 Å². The maximum atomic E-state index is 11.3. The average molecular weight is 198 g/mol. The maximum absolute atomic E-state index is 11.3. The highest BCUT2D eigenvalue weighted by Crippen LogP contribution is 2.07. The van der Waals surface area contributed by atoms with Crippen molar-refractivity contribution in [2.24, 2.45) is 12.8 Å². The average Bonchev–Trinajstić information content (AvgIpc) is 2.44. The molecule has 0 aromatic carbocycles. The Morgan fingerprint density at radius 2 is 2.14 bits per heavy atom. The lowest BCUT2D eigenvalue weighted by Gasteiger charge is -2.03. The number of anilines is 1. The Morgan fingerprint density at radius 1 is 1.50 bits per heavy atom. The van der Waals surface area contributed by atoms with Crippen LogP contribution in [0.15, 0.2) is 6.20 Å². The topological polar surface area (TPSA) is 128 Å². The first-order valence-corrected chi connectivity index (χ1v) is 3.65. The van der Waals surface area contributed by atoms with E-state index in [-0.39, 0.29) is 11.4 Å². The number of aromatic nitrogens is 2. The molecule has 1 aromatic rings. The number of nitrogens with two attached hydrogens (primary N) is 2. The molecule has 0 fully saturated rings. The second-order valence-electron chi connectivity index (χ2n) is 2.51. The van der Waals surface area contributed by atoms with Crippen LogP contribution in [-0.2, 0) is 7.05 Å². The molecule has 0 aliphatic rings. The Hall–Kier alpha value is -2.25. The molecule has 0 spiro atoms. The largest absolute Gasteiger partial charge is 0.383 e. The Kier molecular flexibility index (Phi) is 2.56. The first kappa shape index (κ1) is 9.84. The first-order valence-electron chi connectivity index (χ1n) is 3.65. The van der Waals surface area contributed by atoms with E-state index in [0.29, 0.717) is 0 Å². The van der Waals surface area contributed by atoms with Crippen molar-refractivity contribution in [2.45, 2.75) is 0 Å². The fourth-order valence-electron chi connectivity index (χ4n) is 0.808. The van der Waals surface area contributed by atoms with Gasteiger partial charge < -0.3 is 11.5 Å². The van der Waals surface area contributed by atoms with Crippen LogP contribution in [0.3, 0.4) is 0 Å². The summed E-state index contributed by atoms with van der Waals surface area (Å²) in [4.78, 5) is 21.5. The molecule has 0 unspecified atom stereocenters. The molecular formula is C6H10N6O2. The number of rotatable bonds is 1. The Balaban J connectivity index is 2.70. The van der Waals surface area contributed by atoms with E-state index in [1.165, 1.54) is 10.9 Å². The molecule has 1 rings (SSSR count). The van der Waals surface area contributed by atoms with Crippen LogP contribution in [0.25, 0.3) is 0 Å². The summed E-state index contributed by atoms with van der Waals surface area (Å²) < 4.78 is 1.33. The Labute approximate surface area is 79.2 Å². The van der Waals surface area contributed by atoms with Crippen LogP contribution in [0.1, 0.15) is 10.4 Å². The van der Waals surface area contributed by atoms with Gasteiger partial charge in [0.2, 0.25) is 0 Å². The number of urea groups is 1. The molecule has 0 bridgehead atoms. The number of amides is 3. The van der Waals surface area contributed by atoms with Crippen molar-refractivity contribution < 1.29 is 9.59 Å². The summed E-state index contributed by atoms with van der Waals surface area (Å²) in [5.74, 6) is -0.372. The molecule has 1 heterocycles. The molecule has 0 radical (unpaired) electrons.